The number of hydrogen-bond acceptors (Lipinski definition) is 2. The van der Waals surface area contributed by atoms with Crippen molar-refractivity contribution in [3.8, 4) is 0 Å². The second-order valence-corrected chi connectivity index (χ2v) is 17.1. The molecule has 1 aromatic rings. The molecule has 70 valence electrons. The van der Waals surface area contributed by atoms with Crippen LogP contribution in [0.2, 0.25) is 0 Å². The average Bonchev–Trinajstić information content (AvgIpc) is 2.85. The van der Waals surface area contributed by atoms with Gasteiger partial charge < -0.3 is 0 Å². The number of allylic oxidation sites excluding steroid dienone is 7. The molecule has 2 aliphatic rings. The quantitative estimate of drug-likeness (QED) is 0.633. The SMILES string of the molecule is C1=CC(=C2C=Cc3s[se][se]sc32)C=C1. The average molecular weight is 348 g/mol. The molecule has 0 atom stereocenters. The summed E-state index contributed by atoms with van der Waals surface area (Å²) in [6.45, 7) is 0. The summed E-state index contributed by atoms with van der Waals surface area (Å²) in [7, 11) is 4.17. The van der Waals surface area contributed by atoms with Crippen LogP contribution in [0.4, 0.5) is 0 Å². The van der Waals surface area contributed by atoms with Crippen molar-refractivity contribution in [1.82, 2.24) is 0 Å². The van der Waals surface area contributed by atoms with Gasteiger partial charge in [-0.15, -0.1) is 0 Å². The van der Waals surface area contributed by atoms with E-state index in [9.17, 15) is 0 Å². The zero-order chi connectivity index (χ0) is 9.38. The van der Waals surface area contributed by atoms with Gasteiger partial charge in [0.1, 0.15) is 0 Å². The van der Waals surface area contributed by atoms with Crippen LogP contribution in [0, 0.1) is 0 Å². The molecule has 4 heteroatoms. The Hall–Kier alpha value is 0.179. The second kappa shape index (κ2) is 3.97. The predicted molar refractivity (Wildman–Crippen MR) is 67.9 cm³/mol. The molecule has 1 heterocycles. The summed E-state index contributed by atoms with van der Waals surface area (Å²) in [4.78, 5) is 3.05. The van der Waals surface area contributed by atoms with Crippen LogP contribution < -0.4 is 0 Å². The summed E-state index contributed by atoms with van der Waals surface area (Å²) in [5.74, 6) is 0. The van der Waals surface area contributed by atoms with Crippen molar-refractivity contribution >= 4 is 54.0 Å². The fourth-order valence-electron chi connectivity index (χ4n) is 1.47. The molecule has 2 aliphatic carbocycles. The van der Waals surface area contributed by atoms with Crippen molar-refractivity contribution in [3.05, 3.63) is 45.7 Å². The molecule has 0 aromatic carbocycles. The summed E-state index contributed by atoms with van der Waals surface area (Å²) < 4.78 is 0. The van der Waals surface area contributed by atoms with Crippen LogP contribution >= 0.6 is 19.4 Å². The van der Waals surface area contributed by atoms with E-state index in [4.69, 9.17) is 0 Å². The van der Waals surface area contributed by atoms with Crippen molar-refractivity contribution in [2.45, 2.75) is 0 Å². The van der Waals surface area contributed by atoms with Crippen molar-refractivity contribution in [2.75, 3.05) is 0 Å². The Morgan fingerprint density at radius 3 is 2.50 bits per heavy atom. The molecule has 14 heavy (non-hydrogen) atoms. The van der Waals surface area contributed by atoms with E-state index in [2.05, 4.69) is 55.9 Å². The number of rotatable bonds is 0. The maximum atomic E-state index is 2.28. The molecular weight excluding hydrogens is 342 g/mol. The first-order valence-corrected chi connectivity index (χ1v) is 14.2. The molecule has 0 spiro atoms. The van der Waals surface area contributed by atoms with Crippen molar-refractivity contribution in [3.63, 3.8) is 0 Å². The molecule has 1 aromatic heterocycles. The molecule has 0 bridgehead atoms. The Labute approximate surface area is 99.0 Å². The predicted octanol–water partition coefficient (Wildman–Crippen LogP) is 2.95. The van der Waals surface area contributed by atoms with Gasteiger partial charge >= 0.3 is 99.7 Å². The van der Waals surface area contributed by atoms with E-state index in [0.717, 1.165) is 23.0 Å². The zero-order valence-electron chi connectivity index (χ0n) is 7.10. The van der Waals surface area contributed by atoms with Crippen LogP contribution in [0.15, 0.2) is 36.0 Å². The van der Waals surface area contributed by atoms with Gasteiger partial charge in [-0.1, -0.05) is 0 Å². The van der Waals surface area contributed by atoms with E-state index in [1.54, 1.807) is 0 Å². The third-order valence-electron chi connectivity index (χ3n) is 2.11. The normalized spacial score (nSPS) is 16.9. The van der Waals surface area contributed by atoms with E-state index < -0.39 is 0 Å². The van der Waals surface area contributed by atoms with Crippen LogP contribution in [0.5, 0.6) is 0 Å². The van der Waals surface area contributed by atoms with E-state index in [0.29, 0.717) is 0 Å². The fourth-order valence-corrected chi connectivity index (χ4v) is 17.6. The van der Waals surface area contributed by atoms with Crippen molar-refractivity contribution < 1.29 is 0 Å². The minimum atomic E-state index is 0.792. The summed E-state index contributed by atoms with van der Waals surface area (Å²) in [6, 6.07) is 0. The Kier molecular flexibility index (Phi) is 2.67. The van der Waals surface area contributed by atoms with Crippen LogP contribution in [0.1, 0.15) is 9.75 Å². The van der Waals surface area contributed by atoms with Crippen LogP contribution in [-0.4, -0.2) is 23.0 Å². The van der Waals surface area contributed by atoms with Gasteiger partial charge in [-0.3, -0.25) is 0 Å². The minimum absolute atomic E-state index is 0.792. The molecular formula is C10H6S2Se2. The van der Waals surface area contributed by atoms with Crippen LogP contribution in [0.3, 0.4) is 0 Å². The van der Waals surface area contributed by atoms with Crippen LogP contribution in [0.25, 0.3) is 11.6 Å². The topological polar surface area (TPSA) is 0 Å². The monoisotopic (exact) mass is 350 g/mol. The summed E-state index contributed by atoms with van der Waals surface area (Å²) in [5.41, 5.74) is 2.82. The molecule has 0 N–H and O–H groups in total. The molecule has 0 fully saturated rings. The Morgan fingerprint density at radius 2 is 1.64 bits per heavy atom. The molecule has 0 aliphatic heterocycles. The van der Waals surface area contributed by atoms with Gasteiger partial charge in [-0.2, -0.15) is 0 Å². The summed E-state index contributed by atoms with van der Waals surface area (Å²) >= 11 is 1.60. The maximum absolute atomic E-state index is 2.28. The van der Waals surface area contributed by atoms with Gasteiger partial charge in [-0.25, -0.2) is 0 Å². The van der Waals surface area contributed by atoms with Gasteiger partial charge in [0, 0.05) is 0 Å². The van der Waals surface area contributed by atoms with Gasteiger partial charge in [0.15, 0.2) is 0 Å². The molecule has 0 radical (unpaired) electrons. The second-order valence-electron chi connectivity index (χ2n) is 2.92. The Balaban J connectivity index is 2.24. The summed E-state index contributed by atoms with van der Waals surface area (Å²) in [5, 5.41) is 0. The van der Waals surface area contributed by atoms with E-state index in [1.165, 1.54) is 20.9 Å². The van der Waals surface area contributed by atoms with E-state index in [-0.39, 0.29) is 0 Å². The van der Waals surface area contributed by atoms with Gasteiger partial charge in [0.2, 0.25) is 0 Å². The number of hydrogen-bond donors (Lipinski definition) is 0. The summed E-state index contributed by atoms with van der Waals surface area (Å²) in [6.07, 6.45) is 13.2. The molecule has 0 saturated heterocycles. The zero-order valence-corrected chi connectivity index (χ0v) is 12.2. The third-order valence-corrected chi connectivity index (χ3v) is 17.7. The van der Waals surface area contributed by atoms with Gasteiger partial charge in [0.05, 0.1) is 0 Å². The van der Waals surface area contributed by atoms with Gasteiger partial charge in [-0.05, 0) is 0 Å². The fraction of sp³-hybridized carbons (Fsp3) is 0. The first-order chi connectivity index (χ1) is 6.95. The molecule has 0 saturated carbocycles. The molecule has 0 unspecified atom stereocenters. The van der Waals surface area contributed by atoms with Crippen LogP contribution in [-0.2, 0) is 0 Å². The third kappa shape index (κ3) is 1.57. The first-order valence-electron chi connectivity index (χ1n) is 4.15. The molecule has 0 nitrogen and oxygen atoms in total. The molecule has 0 amide bonds. The van der Waals surface area contributed by atoms with Gasteiger partial charge in [0.25, 0.3) is 0 Å². The Morgan fingerprint density at radius 1 is 0.857 bits per heavy atom. The van der Waals surface area contributed by atoms with Crippen molar-refractivity contribution in [2.24, 2.45) is 0 Å². The van der Waals surface area contributed by atoms with Crippen molar-refractivity contribution in [1.29, 1.82) is 0 Å². The first kappa shape index (κ1) is 9.41. The Bertz CT molecular complexity index is 499. The standard InChI is InChI=1S/C10H6S2Se2/c1-2-4-7(3-1)8-5-6-9-10(8)12-14-13-11-9/h1-6H. The van der Waals surface area contributed by atoms with E-state index in [1.807, 2.05) is 0 Å². The molecule has 3 rings (SSSR count). The van der Waals surface area contributed by atoms with E-state index >= 15 is 0 Å². The number of fused-ring (bicyclic) bond motifs is 1.